The molecule has 3 N–H and O–H groups in total. The molecule has 0 saturated carbocycles. The highest BCUT2D eigenvalue weighted by molar-refractivity contribution is 7.47. The van der Waals surface area contributed by atoms with E-state index in [0.29, 0.717) is 13.0 Å². The Balaban J connectivity index is 4.32. The molecule has 0 saturated heterocycles. The molecule has 0 bridgehead atoms. The highest BCUT2D eigenvalue weighted by atomic mass is 31.2. The molecular weight excluding hydrogens is 715 g/mol. The van der Waals surface area contributed by atoms with Gasteiger partial charge in [0.15, 0.2) is 0 Å². The van der Waals surface area contributed by atoms with E-state index in [2.05, 4.69) is 105 Å². The summed E-state index contributed by atoms with van der Waals surface area (Å²) in [6.07, 6.45) is 50.9. The molecule has 0 heterocycles. The molecule has 0 aliphatic heterocycles. The van der Waals surface area contributed by atoms with E-state index in [4.69, 9.17) is 23.6 Å². The van der Waals surface area contributed by atoms with Crippen LogP contribution in [0.1, 0.15) is 136 Å². The van der Waals surface area contributed by atoms with Gasteiger partial charge in [0.25, 0.3) is 0 Å². The van der Waals surface area contributed by atoms with Gasteiger partial charge in [-0.15, -0.1) is 0 Å². The fourth-order valence-corrected chi connectivity index (χ4v) is 5.66. The quantitative estimate of drug-likeness (QED) is 0.0242. The van der Waals surface area contributed by atoms with Gasteiger partial charge in [0.05, 0.1) is 26.4 Å². The number of phosphoric ester groups is 1. The third-order valence-corrected chi connectivity index (χ3v) is 8.94. The number of carbonyl (C=O) groups excluding carboxylic acids is 1. The second-order valence-corrected chi connectivity index (χ2v) is 14.7. The van der Waals surface area contributed by atoms with E-state index in [0.717, 1.165) is 83.5 Å². The lowest BCUT2D eigenvalue weighted by Gasteiger charge is -2.20. The second kappa shape index (κ2) is 41.0. The molecule has 0 aliphatic rings. The third kappa shape index (κ3) is 40.8. The number of esters is 1. The Morgan fingerprint density at radius 2 is 1.04 bits per heavy atom. The summed E-state index contributed by atoms with van der Waals surface area (Å²) >= 11 is 0. The first kappa shape index (κ1) is 52.4. The number of allylic oxidation sites excluding steroid dienone is 16. The Bertz CT molecular complexity index is 1170. The smallest absolute Gasteiger partial charge is 0.457 e. The van der Waals surface area contributed by atoms with Gasteiger partial charge in [-0.2, -0.15) is 0 Å². The zero-order chi connectivity index (χ0) is 40.3. The fourth-order valence-electron chi connectivity index (χ4n) is 4.87. The molecule has 10 heteroatoms. The predicted octanol–water partition coefficient (Wildman–Crippen LogP) is 11.3. The zero-order valence-corrected chi connectivity index (χ0v) is 35.0. The normalized spacial score (nSPS) is 15.1. The summed E-state index contributed by atoms with van der Waals surface area (Å²) in [5, 5.41) is 18.3. The Kier molecular flexibility index (Phi) is 39.1. The summed E-state index contributed by atoms with van der Waals surface area (Å²) < 4.78 is 33.2. The second-order valence-electron chi connectivity index (χ2n) is 13.3. The highest BCUT2D eigenvalue weighted by Gasteiger charge is 2.26. The van der Waals surface area contributed by atoms with Crippen molar-refractivity contribution in [1.82, 2.24) is 0 Å². The van der Waals surface area contributed by atoms with Crippen molar-refractivity contribution in [3.8, 4) is 0 Å². The lowest BCUT2D eigenvalue weighted by Crippen LogP contribution is -2.29. The average molecular weight is 791 g/mol. The number of rotatable bonds is 38. The average Bonchev–Trinajstić information content (AvgIpc) is 3.18. The van der Waals surface area contributed by atoms with Crippen molar-refractivity contribution in [2.75, 3.05) is 33.0 Å². The summed E-state index contributed by atoms with van der Waals surface area (Å²) in [6.45, 7) is 3.21. The van der Waals surface area contributed by atoms with Gasteiger partial charge in [-0.3, -0.25) is 13.8 Å². The first-order valence-electron chi connectivity index (χ1n) is 20.7. The molecule has 0 aromatic rings. The molecule has 0 aliphatic carbocycles. The molecule has 0 spiro atoms. The largest absolute Gasteiger partial charge is 0.472 e. The van der Waals surface area contributed by atoms with Gasteiger partial charge >= 0.3 is 13.8 Å². The molecule has 0 rings (SSSR count). The number of unbranched alkanes of at least 4 members (excludes halogenated alkanes) is 8. The van der Waals surface area contributed by atoms with Crippen LogP contribution in [0.3, 0.4) is 0 Å². The van der Waals surface area contributed by atoms with Crippen LogP contribution in [-0.4, -0.2) is 66.3 Å². The third-order valence-electron chi connectivity index (χ3n) is 7.98. The molecule has 0 amide bonds. The maximum absolute atomic E-state index is 12.6. The number of hydrogen-bond acceptors (Lipinski definition) is 8. The SMILES string of the molecule is CC/C=C\C/C=C\C/C=C\C/C=C\C/C=C\C/C=C\C/C=C\CCCC(=O)OC(COCCCCCCCC/C=C\CCC)COP(=O)(O)OCC(O)CO. The number of ether oxygens (including phenoxy) is 2. The molecule has 3 atom stereocenters. The van der Waals surface area contributed by atoms with Crippen molar-refractivity contribution < 1.29 is 43.0 Å². The number of phosphoric acid groups is 1. The molecule has 0 aromatic carbocycles. The maximum atomic E-state index is 12.6. The number of carbonyl (C=O) groups is 1. The van der Waals surface area contributed by atoms with E-state index >= 15 is 0 Å². The van der Waals surface area contributed by atoms with Gasteiger partial charge in [-0.25, -0.2) is 4.57 Å². The van der Waals surface area contributed by atoms with E-state index in [-0.39, 0.29) is 13.0 Å². The molecule has 55 heavy (non-hydrogen) atoms. The molecule has 314 valence electrons. The first-order valence-corrected chi connectivity index (χ1v) is 22.2. The molecular formula is C45H75O9P. The van der Waals surface area contributed by atoms with Crippen LogP contribution in [0.25, 0.3) is 0 Å². The van der Waals surface area contributed by atoms with E-state index < -0.39 is 45.8 Å². The number of hydrogen-bond donors (Lipinski definition) is 3. The summed E-state index contributed by atoms with van der Waals surface area (Å²) in [5.41, 5.74) is 0. The highest BCUT2D eigenvalue weighted by Crippen LogP contribution is 2.43. The zero-order valence-electron chi connectivity index (χ0n) is 34.1. The van der Waals surface area contributed by atoms with Gasteiger partial charge in [0, 0.05) is 13.0 Å². The van der Waals surface area contributed by atoms with Crippen LogP contribution in [-0.2, 0) is 27.9 Å². The monoisotopic (exact) mass is 791 g/mol. The van der Waals surface area contributed by atoms with Crippen molar-refractivity contribution >= 4 is 13.8 Å². The van der Waals surface area contributed by atoms with Crippen LogP contribution in [0.2, 0.25) is 0 Å². The topological polar surface area (TPSA) is 132 Å². The van der Waals surface area contributed by atoms with Crippen LogP contribution in [0, 0.1) is 0 Å². The Morgan fingerprint density at radius 1 is 0.582 bits per heavy atom. The van der Waals surface area contributed by atoms with Gasteiger partial charge in [-0.05, 0) is 83.5 Å². The minimum atomic E-state index is -4.54. The van der Waals surface area contributed by atoms with Crippen molar-refractivity contribution in [1.29, 1.82) is 0 Å². The van der Waals surface area contributed by atoms with Crippen molar-refractivity contribution in [3.05, 3.63) is 97.2 Å². The lowest BCUT2D eigenvalue weighted by atomic mass is 10.1. The summed E-state index contributed by atoms with van der Waals surface area (Å²) in [6, 6.07) is 0. The van der Waals surface area contributed by atoms with Crippen LogP contribution < -0.4 is 0 Å². The van der Waals surface area contributed by atoms with Crippen LogP contribution in [0.15, 0.2) is 97.2 Å². The van der Waals surface area contributed by atoms with Crippen molar-refractivity contribution in [2.24, 2.45) is 0 Å². The summed E-state index contributed by atoms with van der Waals surface area (Å²) in [4.78, 5) is 22.5. The fraction of sp³-hybridized carbons (Fsp3) is 0.622. The van der Waals surface area contributed by atoms with E-state index in [9.17, 15) is 19.4 Å². The van der Waals surface area contributed by atoms with Gasteiger partial charge in [0.1, 0.15) is 12.2 Å². The minimum Gasteiger partial charge on any atom is -0.457 e. The van der Waals surface area contributed by atoms with Gasteiger partial charge in [-0.1, -0.05) is 143 Å². The molecule has 0 radical (unpaired) electrons. The molecule has 0 aromatic heterocycles. The van der Waals surface area contributed by atoms with E-state index in [1.807, 2.05) is 6.08 Å². The Labute approximate surface area is 334 Å². The molecule has 9 nitrogen and oxygen atoms in total. The number of aliphatic hydroxyl groups is 2. The first-order chi connectivity index (χ1) is 26.8. The van der Waals surface area contributed by atoms with Crippen molar-refractivity contribution in [2.45, 2.75) is 148 Å². The summed E-state index contributed by atoms with van der Waals surface area (Å²) in [7, 11) is -4.54. The molecule has 3 unspecified atom stereocenters. The van der Waals surface area contributed by atoms with Crippen LogP contribution in [0.5, 0.6) is 0 Å². The minimum absolute atomic E-state index is 0.0148. The Morgan fingerprint density at radius 3 is 1.58 bits per heavy atom. The Hall–Kier alpha value is -2.62. The number of aliphatic hydroxyl groups excluding tert-OH is 2. The standard InChI is InChI=1S/C45H75O9P/c1-3-5-7-9-11-13-15-16-17-18-19-20-21-22-23-24-25-26-27-29-31-33-35-37-45(48)54-44(42-53-55(49,50)52-40-43(47)39-46)41-51-38-36-34-32-30-28-14-12-10-8-6-4-2/h5,7-8,10-11,13,16-17,19-20,22-23,25-26,29,31,43-44,46-47H,3-4,6,9,12,14-15,18,21,24,27-28,30,32-42H2,1-2H3,(H,49,50)/b7-5-,10-8-,13-11-,17-16-,20-19-,23-22-,26-25-,31-29-. The lowest BCUT2D eigenvalue weighted by molar-refractivity contribution is -0.154. The maximum Gasteiger partial charge on any atom is 0.472 e. The van der Waals surface area contributed by atoms with Crippen LogP contribution in [0.4, 0.5) is 0 Å². The predicted molar refractivity (Wildman–Crippen MR) is 228 cm³/mol. The van der Waals surface area contributed by atoms with Gasteiger partial charge in [0.2, 0.25) is 0 Å². The van der Waals surface area contributed by atoms with Gasteiger partial charge < -0.3 is 24.6 Å². The molecule has 0 fully saturated rings. The van der Waals surface area contributed by atoms with E-state index in [1.165, 1.54) is 25.7 Å². The van der Waals surface area contributed by atoms with Crippen LogP contribution >= 0.6 is 7.82 Å². The van der Waals surface area contributed by atoms with Crippen molar-refractivity contribution in [3.63, 3.8) is 0 Å². The van der Waals surface area contributed by atoms with E-state index in [1.54, 1.807) is 0 Å². The summed E-state index contributed by atoms with van der Waals surface area (Å²) in [5.74, 6) is -0.448.